The van der Waals surface area contributed by atoms with Crippen molar-refractivity contribution in [2.45, 2.75) is 12.8 Å². The van der Waals surface area contributed by atoms with Gasteiger partial charge in [0.2, 0.25) is 0 Å². The van der Waals surface area contributed by atoms with Crippen LogP contribution in [0, 0.1) is 11.6 Å². The summed E-state index contributed by atoms with van der Waals surface area (Å²) >= 11 is 6.04. The molecule has 3 heterocycles. The average molecular weight is 336 g/mol. The molecule has 0 aromatic carbocycles. The van der Waals surface area contributed by atoms with E-state index in [1.807, 2.05) is 7.05 Å². The van der Waals surface area contributed by atoms with Crippen LogP contribution in [0.1, 0.15) is 24.4 Å². The van der Waals surface area contributed by atoms with Crippen molar-refractivity contribution in [3.8, 4) is 11.4 Å². The molecule has 0 spiro atoms. The van der Waals surface area contributed by atoms with Gasteiger partial charge in [0.05, 0.1) is 29.8 Å². The van der Waals surface area contributed by atoms with E-state index < -0.39 is 17.6 Å². The minimum atomic E-state index is -0.750. The zero-order valence-corrected chi connectivity index (χ0v) is 13.1. The van der Waals surface area contributed by atoms with Gasteiger partial charge in [-0.2, -0.15) is 0 Å². The van der Waals surface area contributed by atoms with Gasteiger partial charge in [-0.3, -0.25) is 4.98 Å². The minimum absolute atomic E-state index is 0.0561. The maximum Gasteiger partial charge on any atom is 0.148 e. The molecule has 0 aliphatic carbocycles. The maximum absolute atomic E-state index is 13.9. The Hall–Kier alpha value is -2.41. The van der Waals surface area contributed by atoms with E-state index in [0.29, 0.717) is 11.4 Å². The van der Waals surface area contributed by atoms with Crippen LogP contribution in [-0.4, -0.2) is 24.5 Å². The van der Waals surface area contributed by atoms with Crippen molar-refractivity contribution in [2.24, 2.45) is 7.05 Å². The predicted molar refractivity (Wildman–Crippen MR) is 80.9 cm³/mol. The quantitative estimate of drug-likeness (QED) is 0.689. The zero-order valence-electron chi connectivity index (χ0n) is 12.3. The lowest BCUT2D eigenvalue weighted by molar-refractivity contribution is 0.549. The molecule has 3 aromatic rings. The van der Waals surface area contributed by atoms with Crippen LogP contribution in [0.5, 0.6) is 0 Å². The summed E-state index contributed by atoms with van der Waals surface area (Å²) in [4.78, 5) is 16.5. The first-order valence-corrected chi connectivity index (χ1v) is 7.15. The molecule has 3 rings (SSSR count). The molecule has 0 fully saturated rings. The summed E-state index contributed by atoms with van der Waals surface area (Å²) in [6, 6.07) is 2.36. The van der Waals surface area contributed by atoms with E-state index in [9.17, 15) is 8.78 Å². The third-order valence-electron chi connectivity index (χ3n) is 3.31. The smallest absolute Gasteiger partial charge is 0.148 e. The number of aromatic nitrogens is 5. The topological polar surface area (TPSA) is 56.5 Å². The number of hydrogen-bond donors (Lipinski definition) is 0. The lowest BCUT2D eigenvalue weighted by Gasteiger charge is -2.12. The number of nitrogens with zero attached hydrogens (tertiary/aromatic N) is 5. The van der Waals surface area contributed by atoms with Gasteiger partial charge >= 0.3 is 0 Å². The molecule has 0 N–H and O–H groups in total. The normalized spacial score (nSPS) is 12.4. The van der Waals surface area contributed by atoms with Crippen molar-refractivity contribution >= 4 is 11.6 Å². The second kappa shape index (κ2) is 6.00. The summed E-state index contributed by atoms with van der Waals surface area (Å²) in [7, 11) is 1.83. The van der Waals surface area contributed by atoms with Crippen LogP contribution >= 0.6 is 11.6 Å². The highest BCUT2D eigenvalue weighted by atomic mass is 35.5. The van der Waals surface area contributed by atoms with Gasteiger partial charge in [0.25, 0.3) is 0 Å². The van der Waals surface area contributed by atoms with Crippen LogP contribution < -0.4 is 0 Å². The van der Waals surface area contributed by atoms with Crippen molar-refractivity contribution in [2.75, 3.05) is 0 Å². The number of aryl methyl sites for hydroxylation is 1. The first-order valence-electron chi connectivity index (χ1n) is 6.78. The number of imidazole rings is 1. The fraction of sp³-hybridized carbons (Fsp3) is 0.200. The van der Waals surface area contributed by atoms with Gasteiger partial charge in [-0.05, 0) is 6.92 Å². The number of halogens is 3. The van der Waals surface area contributed by atoms with Gasteiger partial charge in [-0.25, -0.2) is 23.7 Å². The summed E-state index contributed by atoms with van der Waals surface area (Å²) in [5.74, 6) is -1.78. The van der Waals surface area contributed by atoms with Crippen molar-refractivity contribution in [1.29, 1.82) is 0 Å². The molecule has 0 unspecified atom stereocenters. The predicted octanol–water partition coefficient (Wildman–Crippen LogP) is 3.36. The minimum Gasteiger partial charge on any atom is -0.340 e. The molecular formula is C15H12ClF2N5. The Morgan fingerprint density at radius 3 is 2.57 bits per heavy atom. The van der Waals surface area contributed by atoms with Crippen LogP contribution in [0.2, 0.25) is 5.15 Å². The third kappa shape index (κ3) is 3.19. The Bertz CT molecular complexity index is 865. The Balaban J connectivity index is 2.04. The lowest BCUT2D eigenvalue weighted by Crippen LogP contribution is -2.08. The molecule has 0 aliphatic heterocycles. The number of hydrogen-bond acceptors (Lipinski definition) is 4. The summed E-state index contributed by atoms with van der Waals surface area (Å²) in [5.41, 5.74) is 1.20. The molecule has 5 nitrogen and oxygen atoms in total. The van der Waals surface area contributed by atoms with Crippen LogP contribution in [0.3, 0.4) is 0 Å². The standard InChI is InChI=1S/C15H12ClF2N5/c1-8(14-10(18)3-9(17)5-19-14)15-21-11(4-13(16)22-15)12-6-23(2)7-20-12/h3-8H,1-2H3/t8-/m0/s1. The molecule has 0 bridgehead atoms. The van der Waals surface area contributed by atoms with Crippen LogP contribution in [0.25, 0.3) is 11.4 Å². The van der Waals surface area contributed by atoms with Crippen molar-refractivity contribution in [3.63, 3.8) is 0 Å². The Labute approximate surface area is 136 Å². The Morgan fingerprint density at radius 2 is 1.91 bits per heavy atom. The van der Waals surface area contributed by atoms with Gasteiger partial charge in [-0.15, -0.1) is 0 Å². The molecule has 0 radical (unpaired) electrons. The molecule has 8 heteroatoms. The third-order valence-corrected chi connectivity index (χ3v) is 3.51. The van der Waals surface area contributed by atoms with E-state index >= 15 is 0 Å². The van der Waals surface area contributed by atoms with Gasteiger partial charge in [0.1, 0.15) is 28.3 Å². The second-order valence-corrected chi connectivity index (χ2v) is 5.49. The monoisotopic (exact) mass is 335 g/mol. The largest absolute Gasteiger partial charge is 0.340 e. The van der Waals surface area contributed by atoms with Crippen LogP contribution in [0.4, 0.5) is 8.78 Å². The van der Waals surface area contributed by atoms with Crippen LogP contribution in [0.15, 0.2) is 30.9 Å². The molecule has 0 saturated heterocycles. The lowest BCUT2D eigenvalue weighted by atomic mass is 10.1. The Morgan fingerprint density at radius 1 is 1.13 bits per heavy atom. The summed E-state index contributed by atoms with van der Waals surface area (Å²) in [6.45, 7) is 1.68. The molecule has 118 valence electrons. The van der Waals surface area contributed by atoms with E-state index in [1.165, 1.54) is 0 Å². The average Bonchev–Trinajstić information content (AvgIpc) is 2.93. The highest BCUT2D eigenvalue weighted by Crippen LogP contribution is 2.26. The zero-order chi connectivity index (χ0) is 16.6. The molecule has 23 heavy (non-hydrogen) atoms. The summed E-state index contributed by atoms with van der Waals surface area (Å²) in [6.07, 6.45) is 4.37. The van der Waals surface area contributed by atoms with E-state index in [2.05, 4.69) is 19.9 Å². The van der Waals surface area contributed by atoms with Gasteiger partial charge < -0.3 is 4.57 Å². The summed E-state index contributed by atoms with van der Waals surface area (Å²) in [5, 5.41) is 0.213. The SMILES string of the molecule is C[C@H](c1nc(Cl)cc(-c2cn(C)cn2)n1)c1ncc(F)cc1F. The van der Waals surface area contributed by atoms with E-state index in [1.54, 1.807) is 30.1 Å². The van der Waals surface area contributed by atoms with Gasteiger partial charge in [0.15, 0.2) is 0 Å². The second-order valence-electron chi connectivity index (χ2n) is 5.10. The molecule has 0 amide bonds. The molecule has 1 atom stereocenters. The first kappa shape index (κ1) is 15.5. The van der Waals surface area contributed by atoms with E-state index in [4.69, 9.17) is 11.6 Å². The van der Waals surface area contributed by atoms with Crippen molar-refractivity contribution in [1.82, 2.24) is 24.5 Å². The van der Waals surface area contributed by atoms with Gasteiger partial charge in [0, 0.05) is 25.4 Å². The molecule has 0 saturated carbocycles. The Kier molecular flexibility index (Phi) is 4.04. The molecular weight excluding hydrogens is 324 g/mol. The van der Waals surface area contributed by atoms with E-state index in [-0.39, 0.29) is 16.7 Å². The molecule has 0 aliphatic rings. The summed E-state index contributed by atoms with van der Waals surface area (Å²) < 4.78 is 28.7. The van der Waals surface area contributed by atoms with Crippen molar-refractivity contribution < 1.29 is 8.78 Å². The highest BCUT2D eigenvalue weighted by Gasteiger charge is 2.20. The van der Waals surface area contributed by atoms with E-state index in [0.717, 1.165) is 12.3 Å². The highest BCUT2D eigenvalue weighted by molar-refractivity contribution is 6.29. The maximum atomic E-state index is 13.9. The van der Waals surface area contributed by atoms with Crippen LogP contribution in [-0.2, 0) is 7.05 Å². The first-order chi connectivity index (χ1) is 10.9. The fourth-order valence-corrected chi connectivity index (χ4v) is 2.36. The number of rotatable bonds is 3. The number of pyridine rings is 1. The molecule has 3 aromatic heterocycles. The van der Waals surface area contributed by atoms with Crippen molar-refractivity contribution in [3.05, 3.63) is 59.2 Å². The fourth-order valence-electron chi connectivity index (χ4n) is 2.17. The van der Waals surface area contributed by atoms with Gasteiger partial charge in [-0.1, -0.05) is 11.6 Å².